The summed E-state index contributed by atoms with van der Waals surface area (Å²) in [5, 5.41) is 8.34. The van der Waals surface area contributed by atoms with Crippen molar-refractivity contribution in [1.82, 2.24) is 24.8 Å². The van der Waals surface area contributed by atoms with Gasteiger partial charge in [0.15, 0.2) is 0 Å². The van der Waals surface area contributed by atoms with Gasteiger partial charge in [0.05, 0.1) is 11.7 Å². The summed E-state index contributed by atoms with van der Waals surface area (Å²) in [4.78, 5) is 19.0. The van der Waals surface area contributed by atoms with Crippen LogP contribution >= 0.6 is 0 Å². The third-order valence-corrected chi connectivity index (χ3v) is 4.18. The van der Waals surface area contributed by atoms with Gasteiger partial charge in [0.25, 0.3) is 5.91 Å². The molecule has 0 spiro atoms. The third-order valence-electron chi connectivity index (χ3n) is 4.18. The van der Waals surface area contributed by atoms with Gasteiger partial charge in [-0.3, -0.25) is 4.79 Å². The molecule has 3 rings (SSSR count). The topological polar surface area (TPSA) is 77.0 Å². The van der Waals surface area contributed by atoms with Crippen molar-refractivity contribution >= 4 is 5.91 Å². The second-order valence-corrected chi connectivity index (χ2v) is 5.90. The number of hydrogen-bond donors (Lipinski definition) is 0. The minimum absolute atomic E-state index is 0.00422. The minimum Gasteiger partial charge on any atom is -0.361 e. The highest BCUT2D eigenvalue weighted by molar-refractivity contribution is 5.96. The fourth-order valence-corrected chi connectivity index (χ4v) is 3.17. The lowest BCUT2D eigenvalue weighted by atomic mass is 10.0. The van der Waals surface area contributed by atoms with Crippen molar-refractivity contribution in [3.8, 4) is 0 Å². The van der Waals surface area contributed by atoms with E-state index >= 15 is 0 Å². The van der Waals surface area contributed by atoms with Gasteiger partial charge >= 0.3 is 0 Å². The highest BCUT2D eigenvalue weighted by atomic mass is 16.5. The van der Waals surface area contributed by atoms with E-state index in [4.69, 9.17) is 4.52 Å². The number of rotatable bonds is 2. The van der Waals surface area contributed by atoms with E-state index in [1.165, 1.54) is 0 Å². The molecule has 0 saturated carbocycles. The number of nitrogens with zero attached hydrogens (tertiary/aromatic N) is 5. The first-order chi connectivity index (χ1) is 10.5. The molecule has 2 aromatic heterocycles. The summed E-state index contributed by atoms with van der Waals surface area (Å²) < 4.78 is 7.06. The molecule has 1 aliphatic heterocycles. The molecule has 1 amide bonds. The number of likely N-dealkylation sites (tertiary alicyclic amines) is 1. The fraction of sp³-hybridized carbons (Fsp3) is 0.600. The molecule has 3 heterocycles. The van der Waals surface area contributed by atoms with Crippen molar-refractivity contribution in [2.45, 2.75) is 46.6 Å². The highest BCUT2D eigenvalue weighted by Crippen LogP contribution is 2.25. The van der Waals surface area contributed by atoms with E-state index in [9.17, 15) is 4.79 Å². The Labute approximate surface area is 129 Å². The van der Waals surface area contributed by atoms with Crippen LogP contribution in [-0.4, -0.2) is 43.8 Å². The van der Waals surface area contributed by atoms with E-state index in [0.29, 0.717) is 23.6 Å². The van der Waals surface area contributed by atoms with E-state index in [1.807, 2.05) is 23.4 Å². The Bertz CT molecular complexity index is 683. The average molecular weight is 303 g/mol. The molecule has 7 heteroatoms. The lowest BCUT2D eigenvalue weighted by Crippen LogP contribution is -2.41. The van der Waals surface area contributed by atoms with Crippen molar-refractivity contribution in [2.75, 3.05) is 13.1 Å². The van der Waals surface area contributed by atoms with E-state index < -0.39 is 0 Å². The van der Waals surface area contributed by atoms with Gasteiger partial charge in [-0.1, -0.05) is 5.16 Å². The number of hydrogen-bond acceptors (Lipinski definition) is 5. The normalized spacial score (nSPS) is 18.7. The summed E-state index contributed by atoms with van der Waals surface area (Å²) >= 11 is 0. The van der Waals surface area contributed by atoms with Gasteiger partial charge in [0.1, 0.15) is 23.0 Å². The Morgan fingerprint density at radius 1 is 1.27 bits per heavy atom. The van der Waals surface area contributed by atoms with Crippen LogP contribution in [-0.2, 0) is 0 Å². The van der Waals surface area contributed by atoms with Crippen LogP contribution in [0.3, 0.4) is 0 Å². The maximum absolute atomic E-state index is 12.8. The maximum Gasteiger partial charge on any atom is 0.259 e. The zero-order valence-corrected chi connectivity index (χ0v) is 13.5. The first-order valence-corrected chi connectivity index (χ1v) is 7.59. The molecule has 0 aromatic carbocycles. The number of carbonyl (C=O) groups is 1. The second-order valence-electron chi connectivity index (χ2n) is 5.90. The summed E-state index contributed by atoms with van der Waals surface area (Å²) in [6.07, 6.45) is 1.97. The Morgan fingerprint density at radius 2 is 2.05 bits per heavy atom. The Kier molecular flexibility index (Phi) is 3.72. The molecule has 118 valence electrons. The molecule has 0 N–H and O–H groups in total. The summed E-state index contributed by atoms with van der Waals surface area (Å²) in [5.74, 6) is 2.24. The lowest BCUT2D eigenvalue weighted by molar-refractivity contribution is 0.0669. The van der Waals surface area contributed by atoms with Crippen LogP contribution in [0.15, 0.2) is 4.52 Å². The minimum atomic E-state index is -0.00422. The van der Waals surface area contributed by atoms with Gasteiger partial charge in [0.2, 0.25) is 0 Å². The van der Waals surface area contributed by atoms with Crippen molar-refractivity contribution in [3.05, 3.63) is 28.7 Å². The molecular weight excluding hydrogens is 282 g/mol. The maximum atomic E-state index is 12.8. The van der Waals surface area contributed by atoms with Crippen LogP contribution in [0, 0.1) is 27.7 Å². The van der Waals surface area contributed by atoms with Gasteiger partial charge < -0.3 is 9.42 Å². The standard InChI is InChI=1S/C15H21N5O2/c1-9-14(10(2)22-18-9)15(21)19-7-5-6-13(8-19)20-12(4)16-11(3)17-20/h13H,5-8H2,1-4H3/t13-/m1/s1. The summed E-state index contributed by atoms with van der Waals surface area (Å²) in [6, 6.07) is 0.180. The fourth-order valence-electron chi connectivity index (χ4n) is 3.17. The van der Waals surface area contributed by atoms with Crippen LogP contribution in [0.25, 0.3) is 0 Å². The summed E-state index contributed by atoms with van der Waals surface area (Å²) in [6.45, 7) is 8.82. The monoisotopic (exact) mass is 303 g/mol. The molecule has 22 heavy (non-hydrogen) atoms. The molecule has 0 bridgehead atoms. The van der Waals surface area contributed by atoms with Crippen LogP contribution in [0.4, 0.5) is 0 Å². The van der Waals surface area contributed by atoms with Gasteiger partial charge in [-0.2, -0.15) is 5.10 Å². The smallest absolute Gasteiger partial charge is 0.259 e. The first-order valence-electron chi connectivity index (χ1n) is 7.59. The van der Waals surface area contributed by atoms with Crippen molar-refractivity contribution < 1.29 is 9.32 Å². The van der Waals surface area contributed by atoms with E-state index in [-0.39, 0.29) is 11.9 Å². The molecule has 1 saturated heterocycles. The highest BCUT2D eigenvalue weighted by Gasteiger charge is 2.30. The van der Waals surface area contributed by atoms with Gasteiger partial charge in [0, 0.05) is 13.1 Å². The Morgan fingerprint density at radius 3 is 2.64 bits per heavy atom. The molecule has 1 fully saturated rings. The Hall–Kier alpha value is -2.18. The molecule has 0 aliphatic carbocycles. The van der Waals surface area contributed by atoms with E-state index in [0.717, 1.165) is 31.0 Å². The Balaban J connectivity index is 1.81. The quantitative estimate of drug-likeness (QED) is 0.847. The van der Waals surface area contributed by atoms with Crippen LogP contribution in [0.5, 0.6) is 0 Å². The molecule has 7 nitrogen and oxygen atoms in total. The van der Waals surface area contributed by atoms with Crippen LogP contribution in [0.2, 0.25) is 0 Å². The predicted octanol–water partition coefficient (Wildman–Crippen LogP) is 1.98. The molecule has 1 atom stereocenters. The van der Waals surface area contributed by atoms with Crippen molar-refractivity contribution in [2.24, 2.45) is 0 Å². The van der Waals surface area contributed by atoms with Crippen LogP contribution < -0.4 is 0 Å². The van der Waals surface area contributed by atoms with Crippen molar-refractivity contribution in [1.29, 1.82) is 0 Å². The van der Waals surface area contributed by atoms with E-state index in [1.54, 1.807) is 13.8 Å². The molecule has 0 radical (unpaired) electrons. The number of aromatic nitrogens is 4. The molecule has 2 aromatic rings. The first kappa shape index (κ1) is 14.7. The average Bonchev–Trinajstić information content (AvgIpc) is 3.00. The van der Waals surface area contributed by atoms with Gasteiger partial charge in [-0.25, -0.2) is 9.67 Å². The zero-order chi connectivity index (χ0) is 15.9. The molecular formula is C15H21N5O2. The molecule has 0 unspecified atom stereocenters. The van der Waals surface area contributed by atoms with Gasteiger partial charge in [-0.05, 0) is 40.5 Å². The van der Waals surface area contributed by atoms with Gasteiger partial charge in [-0.15, -0.1) is 0 Å². The van der Waals surface area contributed by atoms with E-state index in [2.05, 4.69) is 15.2 Å². The lowest BCUT2D eigenvalue weighted by Gasteiger charge is -2.33. The summed E-state index contributed by atoms with van der Waals surface area (Å²) in [7, 11) is 0. The largest absolute Gasteiger partial charge is 0.361 e. The number of amides is 1. The van der Waals surface area contributed by atoms with Crippen LogP contribution in [0.1, 0.15) is 52.3 Å². The number of carbonyl (C=O) groups excluding carboxylic acids is 1. The molecule has 1 aliphatic rings. The number of aryl methyl sites for hydroxylation is 4. The predicted molar refractivity (Wildman–Crippen MR) is 79.6 cm³/mol. The third kappa shape index (κ3) is 2.51. The second kappa shape index (κ2) is 5.55. The van der Waals surface area contributed by atoms with Crippen molar-refractivity contribution in [3.63, 3.8) is 0 Å². The number of piperidine rings is 1. The SMILES string of the molecule is Cc1nc(C)n([C@@H]2CCCN(C(=O)c3c(C)noc3C)C2)n1. The zero-order valence-electron chi connectivity index (χ0n) is 13.5. The summed E-state index contributed by atoms with van der Waals surface area (Å²) in [5.41, 5.74) is 1.24.